The summed E-state index contributed by atoms with van der Waals surface area (Å²) in [6.07, 6.45) is 6.14. The molecule has 0 aliphatic carbocycles. The fourth-order valence-electron chi connectivity index (χ4n) is 1.06. The lowest BCUT2D eigenvalue weighted by Crippen LogP contribution is -2.33. The number of carbonyl (C=O) groups excluding carboxylic acids is 1. The van der Waals surface area contributed by atoms with Gasteiger partial charge in [-0.25, -0.2) is 0 Å². The highest BCUT2D eigenvalue weighted by atomic mass is 16.5. The van der Waals surface area contributed by atoms with E-state index in [-0.39, 0.29) is 12.5 Å². The van der Waals surface area contributed by atoms with Crippen LogP contribution in [0.5, 0.6) is 0 Å². The van der Waals surface area contributed by atoms with E-state index in [0.29, 0.717) is 5.70 Å². The molecule has 1 amide bonds. The van der Waals surface area contributed by atoms with Crippen LogP contribution in [-0.2, 0) is 9.53 Å². The molecule has 0 unspecified atom stereocenters. The molecule has 3 heteroatoms. The molecule has 0 aromatic rings. The van der Waals surface area contributed by atoms with Crippen molar-refractivity contribution in [1.82, 2.24) is 5.32 Å². The van der Waals surface area contributed by atoms with Gasteiger partial charge >= 0.3 is 0 Å². The van der Waals surface area contributed by atoms with Gasteiger partial charge in [-0.2, -0.15) is 0 Å². The van der Waals surface area contributed by atoms with Crippen molar-refractivity contribution in [3.8, 4) is 0 Å². The summed E-state index contributed by atoms with van der Waals surface area (Å²) in [5.41, 5.74) is 0.688. The molecule has 1 heterocycles. The van der Waals surface area contributed by atoms with Crippen LogP contribution in [-0.4, -0.2) is 12.5 Å². The molecule has 0 saturated carbocycles. The summed E-state index contributed by atoms with van der Waals surface area (Å²) in [5.74, 6) is 0.600. The first-order valence-corrected chi connectivity index (χ1v) is 4.23. The Morgan fingerprint density at radius 1 is 1.69 bits per heavy atom. The fourth-order valence-corrected chi connectivity index (χ4v) is 1.06. The van der Waals surface area contributed by atoms with Gasteiger partial charge in [-0.15, -0.1) is 0 Å². The maximum atomic E-state index is 11.0. The molecule has 0 aromatic heterocycles. The topological polar surface area (TPSA) is 38.3 Å². The lowest BCUT2D eigenvalue weighted by atomic mass is 10.2. The van der Waals surface area contributed by atoms with Gasteiger partial charge in [0.2, 0.25) is 0 Å². The summed E-state index contributed by atoms with van der Waals surface area (Å²) in [5, 5.41) is 2.71. The van der Waals surface area contributed by atoms with Crippen molar-refractivity contribution < 1.29 is 9.53 Å². The van der Waals surface area contributed by atoms with E-state index in [1.54, 1.807) is 12.2 Å². The molecule has 0 spiro atoms. The van der Waals surface area contributed by atoms with Crippen molar-refractivity contribution in [3.63, 3.8) is 0 Å². The molecule has 1 rings (SSSR count). The zero-order valence-electron chi connectivity index (χ0n) is 7.67. The first-order valence-electron chi connectivity index (χ1n) is 4.23. The number of rotatable bonds is 2. The van der Waals surface area contributed by atoms with Gasteiger partial charge in [0.25, 0.3) is 5.91 Å². The van der Waals surface area contributed by atoms with E-state index in [4.69, 9.17) is 4.74 Å². The van der Waals surface area contributed by atoms with Crippen molar-refractivity contribution in [2.24, 2.45) is 0 Å². The van der Waals surface area contributed by atoms with E-state index in [1.807, 2.05) is 13.0 Å². The summed E-state index contributed by atoms with van der Waals surface area (Å²) in [7, 11) is 0. The molecule has 0 radical (unpaired) electrons. The minimum absolute atomic E-state index is 0.0975. The Hall–Kier alpha value is -1.51. The average Bonchev–Trinajstić information content (AvgIpc) is 2.10. The molecule has 0 atom stereocenters. The van der Waals surface area contributed by atoms with Crippen LogP contribution in [0, 0.1) is 0 Å². The number of ether oxygens (including phenoxy) is 1. The summed E-state index contributed by atoms with van der Waals surface area (Å²) in [4.78, 5) is 11.0. The van der Waals surface area contributed by atoms with E-state index in [1.165, 1.54) is 0 Å². The first kappa shape index (κ1) is 9.58. The van der Waals surface area contributed by atoms with E-state index in [2.05, 4.69) is 11.9 Å². The van der Waals surface area contributed by atoms with Crippen molar-refractivity contribution in [2.75, 3.05) is 6.61 Å². The molecule has 3 nitrogen and oxygen atoms in total. The molecule has 1 aliphatic rings. The monoisotopic (exact) mass is 179 g/mol. The number of allylic oxidation sites excluding steroid dienone is 3. The predicted molar refractivity (Wildman–Crippen MR) is 50.7 cm³/mol. The number of nitrogens with one attached hydrogen (secondary N) is 1. The second-order valence-electron chi connectivity index (χ2n) is 2.63. The normalized spacial score (nSPS) is 22.7. The van der Waals surface area contributed by atoms with Gasteiger partial charge in [0.05, 0.1) is 5.70 Å². The van der Waals surface area contributed by atoms with Gasteiger partial charge in [-0.1, -0.05) is 19.6 Å². The van der Waals surface area contributed by atoms with Crippen molar-refractivity contribution >= 4 is 5.91 Å². The van der Waals surface area contributed by atoms with Gasteiger partial charge in [0.15, 0.2) is 6.61 Å². The Morgan fingerprint density at radius 3 is 3.08 bits per heavy atom. The molecule has 1 fully saturated rings. The summed E-state index contributed by atoms with van der Waals surface area (Å²) >= 11 is 0. The Kier molecular flexibility index (Phi) is 3.31. The molecule has 1 aliphatic heterocycles. The molecule has 0 aromatic carbocycles. The highest BCUT2D eigenvalue weighted by Gasteiger charge is 2.16. The third-order valence-electron chi connectivity index (χ3n) is 1.57. The molecule has 1 N–H and O–H groups in total. The van der Waals surface area contributed by atoms with Crippen molar-refractivity contribution in [3.05, 3.63) is 36.3 Å². The fraction of sp³-hybridized carbons (Fsp3) is 0.300. The Balaban J connectivity index is 2.84. The van der Waals surface area contributed by atoms with Gasteiger partial charge in [-0.3, -0.25) is 4.79 Å². The molecule has 0 bridgehead atoms. The summed E-state index contributed by atoms with van der Waals surface area (Å²) in [6, 6.07) is 0. The largest absolute Gasteiger partial charge is 0.482 e. The van der Waals surface area contributed by atoms with Crippen LogP contribution in [0.4, 0.5) is 0 Å². The molecular formula is C10H13NO2. The highest BCUT2D eigenvalue weighted by molar-refractivity contribution is 5.81. The van der Waals surface area contributed by atoms with Crippen molar-refractivity contribution in [1.29, 1.82) is 0 Å². The molecular weight excluding hydrogens is 166 g/mol. The second-order valence-corrected chi connectivity index (χ2v) is 2.63. The first-order chi connectivity index (χ1) is 6.27. The number of carbonyl (C=O) groups is 1. The van der Waals surface area contributed by atoms with Crippen LogP contribution in [0.3, 0.4) is 0 Å². The zero-order chi connectivity index (χ0) is 9.68. The molecule has 70 valence electrons. The van der Waals surface area contributed by atoms with Crippen molar-refractivity contribution in [2.45, 2.75) is 13.3 Å². The molecule has 1 saturated heterocycles. The smallest absolute Gasteiger partial charge is 0.262 e. The van der Waals surface area contributed by atoms with Gasteiger partial charge in [-0.05, 0) is 18.6 Å². The average molecular weight is 179 g/mol. The number of hydrogen-bond donors (Lipinski definition) is 1. The van der Waals surface area contributed by atoms with Gasteiger partial charge < -0.3 is 10.1 Å². The molecule has 13 heavy (non-hydrogen) atoms. The lowest BCUT2D eigenvalue weighted by Gasteiger charge is -2.19. The van der Waals surface area contributed by atoms with Crippen LogP contribution in [0.2, 0.25) is 0 Å². The minimum atomic E-state index is -0.124. The number of hydrogen-bond acceptors (Lipinski definition) is 2. The zero-order valence-corrected chi connectivity index (χ0v) is 7.67. The van der Waals surface area contributed by atoms with Crippen LogP contribution < -0.4 is 5.32 Å². The quantitative estimate of drug-likeness (QED) is 0.697. The third kappa shape index (κ3) is 2.47. The maximum absolute atomic E-state index is 11.0. The van der Waals surface area contributed by atoms with Crippen LogP contribution in [0.1, 0.15) is 13.3 Å². The Labute approximate surface area is 77.8 Å². The van der Waals surface area contributed by atoms with E-state index >= 15 is 0 Å². The summed E-state index contributed by atoms with van der Waals surface area (Å²) in [6.45, 7) is 5.67. The van der Waals surface area contributed by atoms with E-state index < -0.39 is 0 Å². The van der Waals surface area contributed by atoms with E-state index in [9.17, 15) is 4.79 Å². The number of amides is 1. The lowest BCUT2D eigenvalue weighted by molar-refractivity contribution is -0.125. The number of morpholine rings is 1. The second kappa shape index (κ2) is 4.50. The SMILES string of the molecule is C=C/C=C1/NC(=O)CO/C1=C/CC. The predicted octanol–water partition coefficient (Wildman–Crippen LogP) is 1.50. The van der Waals surface area contributed by atoms with E-state index in [0.717, 1.165) is 12.2 Å². The van der Waals surface area contributed by atoms with Gasteiger partial charge in [0, 0.05) is 0 Å². The third-order valence-corrected chi connectivity index (χ3v) is 1.57. The van der Waals surface area contributed by atoms with Crippen LogP contribution in [0.15, 0.2) is 36.3 Å². The maximum Gasteiger partial charge on any atom is 0.262 e. The summed E-state index contributed by atoms with van der Waals surface area (Å²) < 4.78 is 5.23. The van der Waals surface area contributed by atoms with Gasteiger partial charge in [0.1, 0.15) is 5.76 Å². The minimum Gasteiger partial charge on any atom is -0.482 e. The van der Waals surface area contributed by atoms with Crippen LogP contribution in [0.25, 0.3) is 0 Å². The van der Waals surface area contributed by atoms with Crippen LogP contribution >= 0.6 is 0 Å². The Morgan fingerprint density at radius 2 is 2.46 bits per heavy atom. The Bertz CT molecular complexity index is 277. The highest BCUT2D eigenvalue weighted by Crippen LogP contribution is 2.13. The standard InChI is InChI=1S/C10H13NO2/c1-3-5-8-9(6-4-2)13-7-10(12)11-8/h3,5-6H,1,4,7H2,2H3,(H,11,12)/b8-5+,9-6+.